The lowest BCUT2D eigenvalue weighted by molar-refractivity contribution is 0.0953. The normalized spacial score (nSPS) is 10.6. The monoisotopic (exact) mass is 455 g/mol. The highest BCUT2D eigenvalue weighted by Gasteiger charge is 2.14. The summed E-state index contributed by atoms with van der Waals surface area (Å²) in [4.78, 5) is 12.8. The summed E-state index contributed by atoms with van der Waals surface area (Å²) < 4.78 is 15.1. The Balaban J connectivity index is 1.60. The molecule has 2 heterocycles. The van der Waals surface area contributed by atoms with Gasteiger partial charge in [-0.05, 0) is 87.2 Å². The third kappa shape index (κ3) is 5.24. The number of hydrogen-bond donors (Lipinski definition) is 2. The third-order valence-corrected chi connectivity index (χ3v) is 5.81. The van der Waals surface area contributed by atoms with Gasteiger partial charge in [-0.3, -0.25) is 9.89 Å². The van der Waals surface area contributed by atoms with Crippen LogP contribution in [0.2, 0.25) is 0 Å². The fourth-order valence-electron chi connectivity index (χ4n) is 3.60. The first-order valence-corrected chi connectivity index (χ1v) is 11.1. The highest BCUT2D eigenvalue weighted by molar-refractivity contribution is 5.95. The predicted molar refractivity (Wildman–Crippen MR) is 129 cm³/mol. The zero-order valence-electron chi connectivity index (χ0n) is 19.4. The molecular formula is C27H26FN5O. The van der Waals surface area contributed by atoms with E-state index < -0.39 is 0 Å². The first-order valence-electron chi connectivity index (χ1n) is 11.1. The van der Waals surface area contributed by atoms with Crippen LogP contribution < -0.4 is 5.32 Å². The molecule has 4 aromatic rings. The van der Waals surface area contributed by atoms with Crippen LogP contribution in [0.15, 0.2) is 54.9 Å². The van der Waals surface area contributed by atoms with Gasteiger partial charge in [0.2, 0.25) is 0 Å². The number of aromatic amines is 1. The van der Waals surface area contributed by atoms with Crippen LogP contribution >= 0.6 is 0 Å². The Kier molecular flexibility index (Phi) is 6.88. The Morgan fingerprint density at radius 1 is 1.12 bits per heavy atom. The van der Waals surface area contributed by atoms with E-state index in [4.69, 9.17) is 0 Å². The molecule has 34 heavy (non-hydrogen) atoms. The topological polar surface area (TPSA) is 75.6 Å². The molecular weight excluding hydrogens is 429 g/mol. The van der Waals surface area contributed by atoms with Crippen molar-refractivity contribution >= 4 is 5.91 Å². The number of benzene rings is 2. The minimum Gasteiger partial charge on any atom is -0.352 e. The van der Waals surface area contributed by atoms with Crippen molar-refractivity contribution in [3.8, 4) is 17.5 Å². The number of aryl methyl sites for hydroxylation is 2. The van der Waals surface area contributed by atoms with E-state index in [1.807, 2.05) is 37.7 Å². The molecule has 172 valence electrons. The van der Waals surface area contributed by atoms with Crippen molar-refractivity contribution in [2.24, 2.45) is 0 Å². The lowest BCUT2D eigenvalue weighted by atomic mass is 10.1. The predicted octanol–water partition coefficient (Wildman–Crippen LogP) is 4.42. The summed E-state index contributed by atoms with van der Waals surface area (Å²) in [5.74, 6) is 5.77. The maximum atomic E-state index is 13.3. The second-order valence-electron chi connectivity index (χ2n) is 8.16. The standard InChI is InChI=1S/C27H26FN5O/c1-18-19(2)32-33(20(18)3)26-13-10-24(27(34)29-14-4-5-22-16-30-31-17-22)15-23(26)9-6-21-7-11-25(28)12-8-21/h7-8,10-13,15-17H,4-5,14H2,1-3H3,(H,29,34)(H,30,31). The molecule has 0 bridgehead atoms. The number of carbonyl (C=O) groups is 1. The SMILES string of the molecule is Cc1nn(-c2ccc(C(=O)NCCCc3cn[nH]c3)cc2C#Cc2ccc(F)cc2)c(C)c1C. The molecule has 0 saturated heterocycles. The van der Waals surface area contributed by atoms with Gasteiger partial charge in [-0.2, -0.15) is 10.2 Å². The molecule has 0 aliphatic carbocycles. The molecule has 0 radical (unpaired) electrons. The van der Waals surface area contributed by atoms with Crippen LogP contribution in [0.25, 0.3) is 5.69 Å². The van der Waals surface area contributed by atoms with Crippen LogP contribution in [0.3, 0.4) is 0 Å². The summed E-state index contributed by atoms with van der Waals surface area (Å²) in [5, 5.41) is 14.4. The smallest absolute Gasteiger partial charge is 0.251 e. The van der Waals surface area contributed by atoms with E-state index in [1.54, 1.807) is 30.5 Å². The Morgan fingerprint density at radius 2 is 1.91 bits per heavy atom. The number of rotatable bonds is 6. The van der Waals surface area contributed by atoms with Crippen LogP contribution in [0.4, 0.5) is 4.39 Å². The Morgan fingerprint density at radius 3 is 2.59 bits per heavy atom. The number of nitrogens with one attached hydrogen (secondary N) is 2. The molecule has 4 rings (SSSR count). The van der Waals surface area contributed by atoms with Gasteiger partial charge in [-0.25, -0.2) is 9.07 Å². The largest absolute Gasteiger partial charge is 0.352 e. The molecule has 2 aromatic heterocycles. The van der Waals surface area contributed by atoms with Crippen LogP contribution in [-0.4, -0.2) is 32.4 Å². The van der Waals surface area contributed by atoms with Crippen LogP contribution in [0.1, 0.15) is 50.4 Å². The zero-order valence-corrected chi connectivity index (χ0v) is 19.4. The zero-order chi connectivity index (χ0) is 24.1. The van der Waals surface area contributed by atoms with Gasteiger partial charge in [0.1, 0.15) is 5.82 Å². The number of carbonyl (C=O) groups excluding carboxylic acids is 1. The minimum absolute atomic E-state index is 0.159. The van der Waals surface area contributed by atoms with E-state index >= 15 is 0 Å². The Labute approximate surface area is 198 Å². The first kappa shape index (κ1) is 23.0. The van der Waals surface area contributed by atoms with Crippen molar-refractivity contribution in [1.82, 2.24) is 25.3 Å². The van der Waals surface area contributed by atoms with E-state index in [-0.39, 0.29) is 11.7 Å². The lowest BCUT2D eigenvalue weighted by Gasteiger charge is -2.11. The quantitative estimate of drug-likeness (QED) is 0.334. The molecule has 2 aromatic carbocycles. The maximum Gasteiger partial charge on any atom is 0.251 e. The van der Waals surface area contributed by atoms with E-state index in [9.17, 15) is 9.18 Å². The highest BCUT2D eigenvalue weighted by Crippen LogP contribution is 2.21. The van der Waals surface area contributed by atoms with Crippen LogP contribution in [0, 0.1) is 38.4 Å². The van der Waals surface area contributed by atoms with Crippen LogP contribution in [0.5, 0.6) is 0 Å². The summed E-state index contributed by atoms with van der Waals surface area (Å²) in [6.45, 7) is 6.56. The van der Waals surface area contributed by atoms with Gasteiger partial charge in [0.05, 0.1) is 23.1 Å². The van der Waals surface area contributed by atoms with Crippen molar-refractivity contribution in [2.45, 2.75) is 33.6 Å². The highest BCUT2D eigenvalue weighted by atomic mass is 19.1. The van der Waals surface area contributed by atoms with Crippen LogP contribution in [-0.2, 0) is 6.42 Å². The number of aromatic nitrogens is 4. The van der Waals surface area contributed by atoms with Gasteiger partial charge in [0, 0.05) is 29.6 Å². The fraction of sp³-hybridized carbons (Fsp3) is 0.222. The van der Waals surface area contributed by atoms with Gasteiger partial charge in [-0.1, -0.05) is 11.8 Å². The van der Waals surface area contributed by atoms with Crippen molar-refractivity contribution in [2.75, 3.05) is 6.54 Å². The molecule has 0 aliphatic heterocycles. The number of nitrogens with zero attached hydrogens (tertiary/aromatic N) is 3. The fourth-order valence-corrected chi connectivity index (χ4v) is 3.60. The average molecular weight is 456 g/mol. The third-order valence-electron chi connectivity index (χ3n) is 5.81. The van der Waals surface area contributed by atoms with E-state index in [0.717, 1.165) is 41.0 Å². The molecule has 6 nitrogen and oxygen atoms in total. The Hall–Kier alpha value is -4.18. The second kappa shape index (κ2) is 10.2. The van der Waals surface area contributed by atoms with Gasteiger partial charge >= 0.3 is 0 Å². The van der Waals surface area contributed by atoms with Crippen molar-refractivity contribution < 1.29 is 9.18 Å². The van der Waals surface area contributed by atoms with E-state index in [0.29, 0.717) is 23.2 Å². The molecule has 2 N–H and O–H groups in total. The molecule has 7 heteroatoms. The van der Waals surface area contributed by atoms with Crippen molar-refractivity contribution in [3.63, 3.8) is 0 Å². The molecule has 1 amide bonds. The van der Waals surface area contributed by atoms with Gasteiger partial charge < -0.3 is 5.32 Å². The number of halogens is 1. The molecule has 0 spiro atoms. The van der Waals surface area contributed by atoms with E-state index in [1.165, 1.54) is 12.1 Å². The number of H-pyrrole nitrogens is 1. The summed E-state index contributed by atoms with van der Waals surface area (Å²) >= 11 is 0. The summed E-state index contributed by atoms with van der Waals surface area (Å²) in [6, 6.07) is 11.5. The summed E-state index contributed by atoms with van der Waals surface area (Å²) in [6.07, 6.45) is 5.29. The average Bonchev–Trinajstić information content (AvgIpc) is 3.45. The number of hydrogen-bond acceptors (Lipinski definition) is 3. The van der Waals surface area contributed by atoms with E-state index in [2.05, 4.69) is 32.5 Å². The van der Waals surface area contributed by atoms with Gasteiger partial charge in [0.15, 0.2) is 0 Å². The minimum atomic E-state index is -0.309. The maximum absolute atomic E-state index is 13.3. The van der Waals surface area contributed by atoms with Crippen molar-refractivity contribution in [3.05, 3.63) is 99.9 Å². The molecule has 0 saturated carbocycles. The summed E-state index contributed by atoms with van der Waals surface area (Å²) in [7, 11) is 0. The van der Waals surface area contributed by atoms with Crippen molar-refractivity contribution in [1.29, 1.82) is 0 Å². The summed E-state index contributed by atoms with van der Waals surface area (Å²) in [5.41, 5.74) is 6.84. The molecule has 0 fully saturated rings. The molecule has 0 aliphatic rings. The Bertz CT molecular complexity index is 1360. The molecule has 0 unspecified atom stereocenters. The van der Waals surface area contributed by atoms with Gasteiger partial charge in [-0.15, -0.1) is 0 Å². The second-order valence-corrected chi connectivity index (χ2v) is 8.16. The first-order chi connectivity index (χ1) is 16.4. The van der Waals surface area contributed by atoms with Gasteiger partial charge in [0.25, 0.3) is 5.91 Å². The molecule has 0 atom stereocenters. The lowest BCUT2D eigenvalue weighted by Crippen LogP contribution is -2.25. The number of amides is 1.